The fourth-order valence-corrected chi connectivity index (χ4v) is 5.64. The predicted molar refractivity (Wildman–Crippen MR) is 114 cm³/mol. The van der Waals surface area contributed by atoms with E-state index in [1.165, 1.54) is 16.4 Å². The fraction of sp³-hybridized carbons (Fsp3) is 0.476. The highest BCUT2D eigenvalue weighted by Gasteiger charge is 2.36. The Kier molecular flexibility index (Phi) is 5.69. The van der Waals surface area contributed by atoms with Crippen molar-refractivity contribution in [3.8, 4) is 0 Å². The molecule has 166 valence electrons. The molecule has 0 radical (unpaired) electrons. The van der Waals surface area contributed by atoms with Crippen LogP contribution in [-0.2, 0) is 27.8 Å². The molecule has 0 spiro atoms. The summed E-state index contributed by atoms with van der Waals surface area (Å²) in [5.74, 6) is 0.613. The first-order chi connectivity index (χ1) is 14.7. The van der Waals surface area contributed by atoms with Crippen LogP contribution in [0.4, 0.5) is 10.2 Å². The minimum atomic E-state index is -3.79. The number of carbonyl (C=O) groups excluding carboxylic acids is 1. The van der Waals surface area contributed by atoms with Gasteiger partial charge in [0.2, 0.25) is 15.9 Å². The van der Waals surface area contributed by atoms with Crippen LogP contribution in [0.1, 0.15) is 41.9 Å². The molecule has 1 atom stereocenters. The van der Waals surface area contributed by atoms with Gasteiger partial charge in [-0.25, -0.2) is 22.8 Å². The van der Waals surface area contributed by atoms with Crippen LogP contribution in [0.5, 0.6) is 0 Å². The Morgan fingerprint density at radius 3 is 2.71 bits per heavy atom. The van der Waals surface area contributed by atoms with Gasteiger partial charge in [0.25, 0.3) is 0 Å². The van der Waals surface area contributed by atoms with Gasteiger partial charge < -0.3 is 10.2 Å². The zero-order valence-electron chi connectivity index (χ0n) is 17.9. The van der Waals surface area contributed by atoms with Crippen molar-refractivity contribution in [2.45, 2.75) is 44.0 Å². The number of nitrogens with zero attached hydrogens (tertiary/aromatic N) is 4. The maximum atomic E-state index is 13.9. The van der Waals surface area contributed by atoms with Crippen molar-refractivity contribution >= 4 is 21.7 Å². The summed E-state index contributed by atoms with van der Waals surface area (Å²) < 4.78 is 41.3. The van der Waals surface area contributed by atoms with E-state index in [2.05, 4.69) is 10.3 Å². The number of hydrogen-bond acceptors (Lipinski definition) is 6. The number of halogens is 1. The Morgan fingerprint density at radius 1 is 1.26 bits per heavy atom. The number of sulfonamides is 1. The van der Waals surface area contributed by atoms with E-state index in [-0.39, 0.29) is 23.3 Å². The third-order valence-corrected chi connectivity index (χ3v) is 7.92. The SMILES string of the molecule is CNc1nc([C@@H]2CCN(S(=O)(=O)c3ccc(C)c(F)c3)C2)nc2c1CN(C(C)=O)CC2. The van der Waals surface area contributed by atoms with Crippen LogP contribution >= 0.6 is 0 Å². The van der Waals surface area contributed by atoms with Gasteiger partial charge in [0.05, 0.1) is 17.1 Å². The molecular weight excluding hydrogens is 421 g/mol. The van der Waals surface area contributed by atoms with Crippen molar-refractivity contribution in [3.63, 3.8) is 0 Å². The van der Waals surface area contributed by atoms with Crippen LogP contribution in [0.15, 0.2) is 23.1 Å². The highest BCUT2D eigenvalue weighted by molar-refractivity contribution is 7.89. The first kappa shape index (κ1) is 21.6. The fourth-order valence-electron chi connectivity index (χ4n) is 4.13. The zero-order chi connectivity index (χ0) is 22.3. The van der Waals surface area contributed by atoms with Crippen molar-refractivity contribution in [1.29, 1.82) is 0 Å². The number of fused-ring (bicyclic) bond motifs is 1. The highest BCUT2D eigenvalue weighted by atomic mass is 32.2. The monoisotopic (exact) mass is 447 g/mol. The van der Waals surface area contributed by atoms with Crippen molar-refractivity contribution in [2.24, 2.45) is 0 Å². The molecular formula is C21H26FN5O3S. The van der Waals surface area contributed by atoms with Gasteiger partial charge in [-0.2, -0.15) is 4.31 Å². The Balaban J connectivity index is 1.58. The quantitative estimate of drug-likeness (QED) is 0.771. The summed E-state index contributed by atoms with van der Waals surface area (Å²) >= 11 is 0. The second-order valence-electron chi connectivity index (χ2n) is 8.06. The molecule has 1 saturated heterocycles. The summed E-state index contributed by atoms with van der Waals surface area (Å²) in [7, 11) is -2.02. The Bertz CT molecular complexity index is 1120. The van der Waals surface area contributed by atoms with Crippen molar-refractivity contribution in [2.75, 3.05) is 32.0 Å². The number of aromatic nitrogens is 2. The molecule has 31 heavy (non-hydrogen) atoms. The number of nitrogens with one attached hydrogen (secondary N) is 1. The summed E-state index contributed by atoms with van der Waals surface area (Å²) in [4.78, 5) is 22.9. The van der Waals surface area contributed by atoms with E-state index >= 15 is 0 Å². The lowest BCUT2D eigenvalue weighted by Crippen LogP contribution is -2.35. The summed E-state index contributed by atoms with van der Waals surface area (Å²) in [6.45, 7) is 4.79. The molecule has 2 aliphatic heterocycles. The maximum absolute atomic E-state index is 13.9. The Hall–Kier alpha value is -2.59. The molecule has 1 fully saturated rings. The summed E-state index contributed by atoms with van der Waals surface area (Å²) in [6.07, 6.45) is 1.23. The number of hydrogen-bond donors (Lipinski definition) is 1. The van der Waals surface area contributed by atoms with Gasteiger partial charge in [0.1, 0.15) is 17.5 Å². The van der Waals surface area contributed by atoms with Crippen LogP contribution in [-0.4, -0.2) is 60.2 Å². The topological polar surface area (TPSA) is 95.5 Å². The first-order valence-corrected chi connectivity index (χ1v) is 11.7. The summed E-state index contributed by atoms with van der Waals surface area (Å²) in [5, 5.41) is 3.09. The minimum Gasteiger partial charge on any atom is -0.373 e. The summed E-state index contributed by atoms with van der Waals surface area (Å²) in [5.41, 5.74) is 2.21. The molecule has 0 unspecified atom stereocenters. The lowest BCUT2D eigenvalue weighted by atomic mass is 10.0. The largest absolute Gasteiger partial charge is 0.373 e. The average Bonchev–Trinajstić information content (AvgIpc) is 3.25. The van der Waals surface area contributed by atoms with Gasteiger partial charge in [-0.1, -0.05) is 6.07 Å². The van der Waals surface area contributed by atoms with Gasteiger partial charge in [0.15, 0.2) is 0 Å². The molecule has 2 aromatic rings. The molecule has 1 amide bonds. The number of amides is 1. The molecule has 4 rings (SSSR count). The third-order valence-electron chi connectivity index (χ3n) is 6.06. The van der Waals surface area contributed by atoms with Gasteiger partial charge in [-0.05, 0) is 31.0 Å². The van der Waals surface area contributed by atoms with Crippen LogP contribution in [0, 0.1) is 12.7 Å². The van der Waals surface area contributed by atoms with E-state index in [9.17, 15) is 17.6 Å². The predicted octanol–water partition coefficient (Wildman–Crippen LogP) is 2.05. The molecule has 3 heterocycles. The zero-order valence-corrected chi connectivity index (χ0v) is 18.7. The molecule has 0 bridgehead atoms. The van der Waals surface area contributed by atoms with E-state index in [1.54, 1.807) is 25.8 Å². The molecule has 8 nitrogen and oxygen atoms in total. The molecule has 1 N–H and O–H groups in total. The standard InChI is InChI=1S/C21H26FN5O3S/c1-13-4-5-16(10-18(13)22)31(29,30)27-9-6-15(11-27)20-24-19-7-8-26(14(2)28)12-17(19)21(23-3)25-20/h4-5,10,15H,6-9,11-12H2,1-3H3,(H,23,24,25)/t15-/m1/s1. The lowest BCUT2D eigenvalue weighted by molar-refractivity contribution is -0.129. The van der Waals surface area contributed by atoms with Gasteiger partial charge >= 0.3 is 0 Å². The van der Waals surface area contributed by atoms with Crippen molar-refractivity contribution in [1.82, 2.24) is 19.2 Å². The molecule has 10 heteroatoms. The molecule has 0 aliphatic carbocycles. The van der Waals surface area contributed by atoms with E-state index in [0.29, 0.717) is 49.7 Å². The van der Waals surface area contributed by atoms with E-state index in [4.69, 9.17) is 4.98 Å². The van der Waals surface area contributed by atoms with Crippen LogP contribution in [0.3, 0.4) is 0 Å². The lowest BCUT2D eigenvalue weighted by Gasteiger charge is -2.29. The van der Waals surface area contributed by atoms with Gasteiger partial charge in [-0.15, -0.1) is 0 Å². The minimum absolute atomic E-state index is 0.0148. The molecule has 2 aliphatic rings. The summed E-state index contributed by atoms with van der Waals surface area (Å²) in [6, 6.07) is 4.00. The van der Waals surface area contributed by atoms with Crippen molar-refractivity contribution < 1.29 is 17.6 Å². The molecule has 1 aromatic carbocycles. The Morgan fingerprint density at radius 2 is 2.03 bits per heavy atom. The average molecular weight is 448 g/mol. The Labute approximate surface area is 181 Å². The number of anilines is 1. The molecule has 0 saturated carbocycles. The number of carbonyl (C=O) groups is 1. The second kappa shape index (κ2) is 8.16. The van der Waals surface area contributed by atoms with Gasteiger partial charge in [-0.3, -0.25) is 4.79 Å². The normalized spacial score (nSPS) is 19.4. The number of rotatable bonds is 4. The van der Waals surface area contributed by atoms with Crippen LogP contribution in [0.2, 0.25) is 0 Å². The second-order valence-corrected chi connectivity index (χ2v) is 9.99. The van der Waals surface area contributed by atoms with Crippen LogP contribution < -0.4 is 5.32 Å². The number of benzene rings is 1. The maximum Gasteiger partial charge on any atom is 0.243 e. The highest BCUT2D eigenvalue weighted by Crippen LogP contribution is 2.32. The van der Waals surface area contributed by atoms with Crippen LogP contribution in [0.25, 0.3) is 0 Å². The van der Waals surface area contributed by atoms with Crippen molar-refractivity contribution in [3.05, 3.63) is 46.7 Å². The molecule has 1 aromatic heterocycles. The van der Waals surface area contributed by atoms with Gasteiger partial charge in [0, 0.05) is 51.5 Å². The number of aryl methyl sites for hydroxylation is 1. The third kappa shape index (κ3) is 4.01. The van der Waals surface area contributed by atoms with E-state index < -0.39 is 15.8 Å². The first-order valence-electron chi connectivity index (χ1n) is 10.3. The van der Waals surface area contributed by atoms with E-state index in [1.807, 2.05) is 0 Å². The smallest absolute Gasteiger partial charge is 0.243 e. The van der Waals surface area contributed by atoms with E-state index in [0.717, 1.165) is 17.3 Å².